The molecule has 7 nitrogen and oxygen atoms in total. The van der Waals surface area contributed by atoms with E-state index in [1.165, 1.54) is 21.1 Å². The van der Waals surface area contributed by atoms with E-state index < -0.39 is 41.4 Å². The first-order valence-corrected chi connectivity index (χ1v) is 8.75. The SMILES string of the molecule is COc1cc(OC)cc(C2CC3C(O)C(C)=CC2(C(=O)O)C3OC(C)=O)c1. The number of methoxy groups -OCH3 is 2. The maximum atomic E-state index is 12.5. The van der Waals surface area contributed by atoms with Gasteiger partial charge in [0.1, 0.15) is 23.0 Å². The van der Waals surface area contributed by atoms with Crippen molar-refractivity contribution in [3.63, 3.8) is 0 Å². The van der Waals surface area contributed by atoms with Gasteiger partial charge in [0.15, 0.2) is 0 Å². The fraction of sp³-hybridized carbons (Fsp3) is 0.500. The van der Waals surface area contributed by atoms with E-state index in [9.17, 15) is 19.8 Å². The molecule has 0 amide bonds. The second-order valence-corrected chi connectivity index (χ2v) is 7.20. The van der Waals surface area contributed by atoms with Crippen LogP contribution >= 0.6 is 0 Å². The van der Waals surface area contributed by atoms with Crippen LogP contribution in [0.15, 0.2) is 29.8 Å². The van der Waals surface area contributed by atoms with Crippen molar-refractivity contribution in [2.24, 2.45) is 11.3 Å². The summed E-state index contributed by atoms with van der Waals surface area (Å²) in [5.41, 5.74) is -0.189. The number of ether oxygens (including phenoxy) is 3. The van der Waals surface area contributed by atoms with Gasteiger partial charge >= 0.3 is 11.9 Å². The van der Waals surface area contributed by atoms with E-state index in [1.54, 1.807) is 31.2 Å². The Hall–Kier alpha value is -2.54. The van der Waals surface area contributed by atoms with Crippen LogP contribution in [0.3, 0.4) is 0 Å². The molecular formula is C20H24O7. The molecule has 2 aliphatic carbocycles. The Morgan fingerprint density at radius 2 is 1.74 bits per heavy atom. The molecule has 3 rings (SSSR count). The molecule has 1 saturated carbocycles. The predicted molar refractivity (Wildman–Crippen MR) is 95.8 cm³/mol. The average Bonchev–Trinajstić information content (AvgIpc) is 2.88. The van der Waals surface area contributed by atoms with E-state index in [-0.39, 0.29) is 0 Å². The largest absolute Gasteiger partial charge is 0.497 e. The Morgan fingerprint density at radius 3 is 2.22 bits per heavy atom. The van der Waals surface area contributed by atoms with Gasteiger partial charge in [-0.3, -0.25) is 9.59 Å². The molecule has 1 aromatic carbocycles. The van der Waals surface area contributed by atoms with Gasteiger partial charge in [0.25, 0.3) is 0 Å². The van der Waals surface area contributed by atoms with Crippen LogP contribution < -0.4 is 9.47 Å². The summed E-state index contributed by atoms with van der Waals surface area (Å²) in [5, 5.41) is 20.8. The number of carboxylic acids is 1. The number of carbonyl (C=O) groups excluding carboxylic acids is 1. The third-order valence-corrected chi connectivity index (χ3v) is 5.72. The van der Waals surface area contributed by atoms with Crippen LogP contribution in [0.4, 0.5) is 0 Å². The van der Waals surface area contributed by atoms with Gasteiger partial charge in [0.05, 0.1) is 20.3 Å². The maximum Gasteiger partial charge on any atom is 0.317 e. The number of rotatable bonds is 5. The summed E-state index contributed by atoms with van der Waals surface area (Å²) in [5.74, 6) is -1.60. The Morgan fingerprint density at radius 1 is 1.15 bits per heavy atom. The summed E-state index contributed by atoms with van der Waals surface area (Å²) in [6.07, 6.45) is 0.0938. The molecule has 5 unspecified atom stereocenters. The lowest BCUT2D eigenvalue weighted by Crippen LogP contribution is -2.49. The number of hydrogen-bond donors (Lipinski definition) is 2. The van der Waals surface area contributed by atoms with Gasteiger partial charge in [-0.2, -0.15) is 0 Å². The second-order valence-electron chi connectivity index (χ2n) is 7.20. The minimum atomic E-state index is -1.46. The van der Waals surface area contributed by atoms with E-state index >= 15 is 0 Å². The van der Waals surface area contributed by atoms with E-state index in [0.29, 0.717) is 29.1 Å². The van der Waals surface area contributed by atoms with Crippen LogP contribution in [-0.4, -0.2) is 48.6 Å². The molecule has 1 fully saturated rings. The number of aliphatic carboxylic acids is 1. The number of carboxylic acid groups (broad SMARTS) is 1. The van der Waals surface area contributed by atoms with Crippen LogP contribution in [0.1, 0.15) is 31.7 Å². The van der Waals surface area contributed by atoms with Crippen LogP contribution in [-0.2, 0) is 14.3 Å². The van der Waals surface area contributed by atoms with Crippen molar-refractivity contribution in [1.82, 2.24) is 0 Å². The monoisotopic (exact) mass is 376 g/mol. The zero-order valence-corrected chi connectivity index (χ0v) is 15.8. The maximum absolute atomic E-state index is 12.5. The summed E-state index contributed by atoms with van der Waals surface area (Å²) in [4.78, 5) is 24.2. The van der Waals surface area contributed by atoms with Crippen molar-refractivity contribution in [3.05, 3.63) is 35.4 Å². The number of carbonyl (C=O) groups is 2. The molecule has 2 aliphatic rings. The lowest BCUT2D eigenvalue weighted by Gasteiger charge is -2.39. The Balaban J connectivity index is 2.19. The van der Waals surface area contributed by atoms with E-state index in [1.807, 2.05) is 0 Å². The molecule has 27 heavy (non-hydrogen) atoms. The Bertz CT molecular complexity index is 777. The quantitative estimate of drug-likeness (QED) is 0.599. The van der Waals surface area contributed by atoms with Gasteiger partial charge < -0.3 is 24.4 Å². The molecule has 1 aromatic rings. The zero-order chi connectivity index (χ0) is 19.9. The Labute approximate surface area is 157 Å². The molecule has 0 heterocycles. The van der Waals surface area contributed by atoms with Crippen molar-refractivity contribution in [2.75, 3.05) is 14.2 Å². The highest BCUT2D eigenvalue weighted by Crippen LogP contribution is 2.59. The smallest absolute Gasteiger partial charge is 0.317 e. The number of benzene rings is 1. The van der Waals surface area contributed by atoms with Crippen LogP contribution in [0.25, 0.3) is 0 Å². The van der Waals surface area contributed by atoms with Crippen LogP contribution in [0.5, 0.6) is 11.5 Å². The molecule has 0 aliphatic heterocycles. The number of aliphatic hydroxyl groups excluding tert-OH is 1. The van der Waals surface area contributed by atoms with Crippen LogP contribution in [0, 0.1) is 11.3 Å². The molecule has 0 spiro atoms. The van der Waals surface area contributed by atoms with Gasteiger partial charge in [-0.1, -0.05) is 6.08 Å². The minimum absolute atomic E-state index is 0.357. The molecule has 0 saturated heterocycles. The lowest BCUT2D eigenvalue weighted by atomic mass is 9.69. The molecular weight excluding hydrogens is 352 g/mol. The Kier molecular flexibility index (Phi) is 4.90. The number of fused-ring (bicyclic) bond motifs is 2. The predicted octanol–water partition coefficient (Wildman–Crippen LogP) is 2.13. The van der Waals surface area contributed by atoms with Crippen molar-refractivity contribution in [2.45, 2.75) is 38.4 Å². The van der Waals surface area contributed by atoms with Crippen molar-refractivity contribution in [3.8, 4) is 11.5 Å². The fourth-order valence-electron chi connectivity index (χ4n) is 4.56. The summed E-state index contributed by atoms with van der Waals surface area (Å²) >= 11 is 0. The highest BCUT2D eigenvalue weighted by atomic mass is 16.5. The third kappa shape index (κ3) is 2.96. The first-order valence-electron chi connectivity index (χ1n) is 8.75. The second kappa shape index (κ2) is 6.88. The van der Waals surface area contributed by atoms with E-state index in [0.717, 1.165) is 0 Å². The minimum Gasteiger partial charge on any atom is -0.497 e. The summed E-state index contributed by atoms with van der Waals surface area (Å²) in [6.45, 7) is 2.95. The molecule has 2 bridgehead atoms. The molecule has 5 atom stereocenters. The highest BCUT2D eigenvalue weighted by Gasteiger charge is 2.65. The first kappa shape index (κ1) is 19.2. The van der Waals surface area contributed by atoms with Gasteiger partial charge in [-0.25, -0.2) is 0 Å². The van der Waals surface area contributed by atoms with Crippen molar-refractivity contribution >= 4 is 11.9 Å². The van der Waals surface area contributed by atoms with Gasteiger partial charge in [-0.15, -0.1) is 0 Å². The molecule has 146 valence electrons. The summed E-state index contributed by atoms with van der Waals surface area (Å²) in [7, 11) is 3.04. The third-order valence-electron chi connectivity index (χ3n) is 5.72. The first-order chi connectivity index (χ1) is 12.7. The number of aliphatic hydroxyl groups is 1. The molecule has 0 radical (unpaired) electrons. The van der Waals surface area contributed by atoms with Crippen LogP contribution in [0.2, 0.25) is 0 Å². The highest BCUT2D eigenvalue weighted by molar-refractivity contribution is 5.82. The van der Waals surface area contributed by atoms with Gasteiger partial charge in [0.2, 0.25) is 0 Å². The topological polar surface area (TPSA) is 102 Å². The fourth-order valence-corrected chi connectivity index (χ4v) is 4.56. The number of hydrogen-bond acceptors (Lipinski definition) is 6. The zero-order valence-electron chi connectivity index (χ0n) is 15.8. The number of esters is 1. The van der Waals surface area contributed by atoms with E-state index in [2.05, 4.69) is 0 Å². The molecule has 7 heteroatoms. The molecule has 2 N–H and O–H groups in total. The molecule has 0 aromatic heterocycles. The van der Waals surface area contributed by atoms with Gasteiger partial charge in [0, 0.05) is 24.8 Å². The summed E-state index contributed by atoms with van der Waals surface area (Å²) in [6, 6.07) is 5.23. The van der Waals surface area contributed by atoms with Crippen molar-refractivity contribution in [1.29, 1.82) is 0 Å². The standard InChI is InChI=1S/C20H24O7/c1-10-9-20(19(23)24)16(8-15(17(10)22)18(20)27-11(2)21)12-5-13(25-3)7-14(6-12)26-4/h5-7,9,15-18,22H,8H2,1-4H3,(H,23,24). The summed E-state index contributed by atoms with van der Waals surface area (Å²) < 4.78 is 16.1. The van der Waals surface area contributed by atoms with E-state index in [4.69, 9.17) is 14.2 Å². The van der Waals surface area contributed by atoms with Crippen molar-refractivity contribution < 1.29 is 34.0 Å². The normalized spacial score (nSPS) is 31.8. The average molecular weight is 376 g/mol. The van der Waals surface area contributed by atoms with Gasteiger partial charge in [-0.05, 0) is 36.6 Å². The lowest BCUT2D eigenvalue weighted by molar-refractivity contribution is -0.167.